The van der Waals surface area contributed by atoms with Crippen LogP contribution in [0.25, 0.3) is 28.3 Å². The average Bonchev–Trinajstić information content (AvgIpc) is 2.95. The number of phenolic OH excluding ortho intramolecular Hbond substituents is 1. The van der Waals surface area contributed by atoms with Gasteiger partial charge in [-0.05, 0) is 42.5 Å². The van der Waals surface area contributed by atoms with Crippen molar-refractivity contribution in [3.8, 4) is 34.3 Å². The summed E-state index contributed by atoms with van der Waals surface area (Å²) in [6.45, 7) is 0. The number of pyridine rings is 2. The molecular weight excluding hydrogens is 326 g/mol. The SMILES string of the molecule is Oc1cc(Cl)ccc1-c1nc(-c2ncccc2O)c2ccccn12. The lowest BCUT2D eigenvalue weighted by Gasteiger charge is -2.04. The van der Waals surface area contributed by atoms with Gasteiger partial charge in [0.2, 0.25) is 0 Å². The Morgan fingerprint density at radius 1 is 0.917 bits per heavy atom. The molecule has 0 bridgehead atoms. The zero-order valence-electron chi connectivity index (χ0n) is 12.4. The Labute approximate surface area is 142 Å². The maximum atomic E-state index is 10.2. The van der Waals surface area contributed by atoms with Crippen LogP contribution >= 0.6 is 11.6 Å². The van der Waals surface area contributed by atoms with Gasteiger partial charge in [-0.25, -0.2) is 4.98 Å². The topological polar surface area (TPSA) is 70.7 Å². The summed E-state index contributed by atoms with van der Waals surface area (Å²) in [4.78, 5) is 8.85. The van der Waals surface area contributed by atoms with Gasteiger partial charge < -0.3 is 10.2 Å². The molecule has 0 fully saturated rings. The molecular formula is C18H12ClN3O2. The molecule has 3 heterocycles. The lowest BCUT2D eigenvalue weighted by atomic mass is 10.2. The molecule has 6 heteroatoms. The predicted octanol–water partition coefficient (Wildman–Crippen LogP) is 4.13. The number of nitrogens with zero attached hydrogens (tertiary/aromatic N) is 3. The van der Waals surface area contributed by atoms with Gasteiger partial charge in [0.05, 0.1) is 11.1 Å². The Bertz CT molecular complexity index is 1060. The van der Waals surface area contributed by atoms with Crippen LogP contribution in [0.2, 0.25) is 5.02 Å². The predicted molar refractivity (Wildman–Crippen MR) is 92.2 cm³/mol. The van der Waals surface area contributed by atoms with E-state index in [2.05, 4.69) is 9.97 Å². The summed E-state index contributed by atoms with van der Waals surface area (Å²) < 4.78 is 1.84. The van der Waals surface area contributed by atoms with Gasteiger partial charge in [-0.1, -0.05) is 17.7 Å². The lowest BCUT2D eigenvalue weighted by Crippen LogP contribution is -1.88. The highest BCUT2D eigenvalue weighted by Gasteiger charge is 2.19. The minimum absolute atomic E-state index is 0.0371. The molecule has 4 aromatic rings. The first kappa shape index (κ1) is 14.5. The minimum Gasteiger partial charge on any atom is -0.507 e. The summed E-state index contributed by atoms with van der Waals surface area (Å²) in [5, 5.41) is 20.8. The lowest BCUT2D eigenvalue weighted by molar-refractivity contribution is 0.475. The third-order valence-electron chi connectivity index (χ3n) is 3.76. The van der Waals surface area contributed by atoms with Crippen LogP contribution in [0, 0.1) is 0 Å². The molecule has 24 heavy (non-hydrogen) atoms. The quantitative estimate of drug-likeness (QED) is 0.577. The number of aromatic nitrogens is 3. The van der Waals surface area contributed by atoms with Gasteiger partial charge in [0, 0.05) is 17.4 Å². The van der Waals surface area contributed by atoms with E-state index in [1.54, 1.807) is 30.5 Å². The van der Waals surface area contributed by atoms with E-state index in [1.165, 1.54) is 6.07 Å². The summed E-state index contributed by atoms with van der Waals surface area (Å²) in [6.07, 6.45) is 3.44. The van der Waals surface area contributed by atoms with Crippen molar-refractivity contribution in [2.24, 2.45) is 0 Å². The molecule has 0 atom stereocenters. The van der Waals surface area contributed by atoms with Crippen molar-refractivity contribution < 1.29 is 10.2 Å². The van der Waals surface area contributed by atoms with E-state index in [9.17, 15) is 10.2 Å². The van der Waals surface area contributed by atoms with E-state index in [0.29, 0.717) is 27.8 Å². The van der Waals surface area contributed by atoms with Crippen molar-refractivity contribution in [1.82, 2.24) is 14.4 Å². The standard InChI is InChI=1S/C18H12ClN3O2/c19-11-6-7-12(15(24)10-11)18-21-16(13-4-1-2-9-22(13)18)17-14(23)5-3-8-20-17/h1-10,23-24H. The molecule has 0 radical (unpaired) electrons. The van der Waals surface area contributed by atoms with Crippen molar-refractivity contribution in [3.63, 3.8) is 0 Å². The second-order valence-electron chi connectivity index (χ2n) is 5.27. The van der Waals surface area contributed by atoms with Crippen LogP contribution in [0.4, 0.5) is 0 Å². The molecule has 2 N–H and O–H groups in total. The Kier molecular flexibility index (Phi) is 3.36. The van der Waals surface area contributed by atoms with Gasteiger partial charge in [-0.15, -0.1) is 0 Å². The number of aromatic hydroxyl groups is 2. The summed E-state index contributed by atoms with van der Waals surface area (Å²) >= 11 is 5.91. The molecule has 0 aliphatic heterocycles. The maximum absolute atomic E-state index is 10.2. The van der Waals surface area contributed by atoms with Gasteiger partial charge >= 0.3 is 0 Å². The van der Waals surface area contributed by atoms with Gasteiger partial charge in [0.1, 0.15) is 28.7 Å². The van der Waals surface area contributed by atoms with Crippen LogP contribution in [0.3, 0.4) is 0 Å². The summed E-state index contributed by atoms with van der Waals surface area (Å²) in [5.41, 5.74) is 2.25. The van der Waals surface area contributed by atoms with Crippen LogP contribution in [-0.2, 0) is 0 Å². The van der Waals surface area contributed by atoms with E-state index < -0.39 is 0 Å². The number of benzene rings is 1. The van der Waals surface area contributed by atoms with Crippen molar-refractivity contribution in [3.05, 3.63) is 65.9 Å². The van der Waals surface area contributed by atoms with E-state index in [0.717, 1.165) is 5.52 Å². The molecule has 1 aromatic carbocycles. The van der Waals surface area contributed by atoms with E-state index in [4.69, 9.17) is 11.6 Å². The van der Waals surface area contributed by atoms with Crippen LogP contribution in [0.1, 0.15) is 0 Å². The number of imidazole rings is 1. The zero-order valence-corrected chi connectivity index (χ0v) is 13.1. The first-order chi connectivity index (χ1) is 11.6. The molecule has 3 aromatic heterocycles. The molecule has 4 rings (SSSR count). The number of rotatable bonds is 2. The largest absolute Gasteiger partial charge is 0.507 e. The molecule has 0 aliphatic rings. The fourth-order valence-corrected chi connectivity index (χ4v) is 2.84. The normalized spacial score (nSPS) is 11.0. The zero-order chi connectivity index (χ0) is 16.7. The highest BCUT2D eigenvalue weighted by molar-refractivity contribution is 6.30. The van der Waals surface area contributed by atoms with Crippen molar-refractivity contribution in [1.29, 1.82) is 0 Å². The Balaban J connectivity index is 2.03. The van der Waals surface area contributed by atoms with Gasteiger partial charge in [0.25, 0.3) is 0 Å². The van der Waals surface area contributed by atoms with Gasteiger partial charge in [-0.3, -0.25) is 9.38 Å². The third kappa shape index (κ3) is 2.26. The number of hydrogen-bond donors (Lipinski definition) is 2. The first-order valence-electron chi connectivity index (χ1n) is 7.25. The third-order valence-corrected chi connectivity index (χ3v) is 3.99. The highest BCUT2D eigenvalue weighted by Crippen LogP contribution is 2.36. The highest BCUT2D eigenvalue weighted by atomic mass is 35.5. The fourth-order valence-electron chi connectivity index (χ4n) is 2.68. The van der Waals surface area contributed by atoms with Gasteiger partial charge in [-0.2, -0.15) is 0 Å². The van der Waals surface area contributed by atoms with Crippen LogP contribution in [0.15, 0.2) is 60.9 Å². The minimum atomic E-state index is 0.0371. The van der Waals surface area contributed by atoms with E-state index in [1.807, 2.05) is 28.8 Å². The number of halogens is 1. The average molecular weight is 338 g/mol. The Morgan fingerprint density at radius 2 is 1.79 bits per heavy atom. The molecule has 0 unspecified atom stereocenters. The molecule has 118 valence electrons. The van der Waals surface area contributed by atoms with Crippen molar-refractivity contribution in [2.75, 3.05) is 0 Å². The summed E-state index contributed by atoms with van der Waals surface area (Å²) in [6, 6.07) is 13.7. The number of fused-ring (bicyclic) bond motifs is 1. The fraction of sp³-hybridized carbons (Fsp3) is 0. The number of phenols is 1. The van der Waals surface area contributed by atoms with E-state index in [-0.39, 0.29) is 11.5 Å². The smallest absolute Gasteiger partial charge is 0.149 e. The molecule has 0 spiro atoms. The molecule has 0 saturated heterocycles. The van der Waals surface area contributed by atoms with Crippen LogP contribution < -0.4 is 0 Å². The summed E-state index contributed by atoms with van der Waals surface area (Å²) in [5.74, 6) is 0.628. The molecule has 0 amide bonds. The van der Waals surface area contributed by atoms with E-state index >= 15 is 0 Å². The molecule has 0 saturated carbocycles. The molecule has 5 nitrogen and oxygen atoms in total. The maximum Gasteiger partial charge on any atom is 0.149 e. The van der Waals surface area contributed by atoms with Crippen molar-refractivity contribution in [2.45, 2.75) is 0 Å². The van der Waals surface area contributed by atoms with Gasteiger partial charge in [0.15, 0.2) is 0 Å². The van der Waals surface area contributed by atoms with Crippen LogP contribution in [-0.4, -0.2) is 24.6 Å². The Hall–Kier alpha value is -3.05. The second kappa shape index (κ2) is 5.54. The number of hydrogen-bond acceptors (Lipinski definition) is 4. The first-order valence-corrected chi connectivity index (χ1v) is 7.63. The van der Waals surface area contributed by atoms with Crippen LogP contribution in [0.5, 0.6) is 11.5 Å². The van der Waals surface area contributed by atoms with Crippen molar-refractivity contribution >= 4 is 17.1 Å². The summed E-state index contributed by atoms with van der Waals surface area (Å²) in [7, 11) is 0. The molecule has 0 aliphatic carbocycles. The monoisotopic (exact) mass is 337 g/mol. The second-order valence-corrected chi connectivity index (χ2v) is 5.71. The Morgan fingerprint density at radius 3 is 2.58 bits per heavy atom.